The highest BCUT2D eigenvalue weighted by Gasteiger charge is 2.18. The van der Waals surface area contributed by atoms with Gasteiger partial charge in [0.25, 0.3) is 0 Å². The van der Waals surface area contributed by atoms with Crippen LogP contribution in [0.4, 0.5) is 4.39 Å². The van der Waals surface area contributed by atoms with Gasteiger partial charge < -0.3 is 5.32 Å². The summed E-state index contributed by atoms with van der Waals surface area (Å²) in [6, 6.07) is 1.74. The molecule has 2 heterocycles. The predicted octanol–water partition coefficient (Wildman–Crippen LogP) is 2.69. The molecule has 0 aromatic carbocycles. The highest BCUT2D eigenvalue weighted by Crippen LogP contribution is 2.25. The molecule has 1 aromatic heterocycles. The molecule has 0 amide bonds. The smallest absolute Gasteiger partial charge is 0.217 e. The lowest BCUT2D eigenvalue weighted by molar-refractivity contribution is 0.395. The minimum absolute atomic E-state index is 0.0787. The van der Waals surface area contributed by atoms with E-state index in [0.29, 0.717) is 10.6 Å². The molecule has 1 unspecified atom stereocenters. The van der Waals surface area contributed by atoms with Gasteiger partial charge in [-0.05, 0) is 25.5 Å². The molecule has 0 saturated carbocycles. The molecule has 1 saturated heterocycles. The highest BCUT2D eigenvalue weighted by molar-refractivity contribution is 6.30. The lowest BCUT2D eigenvalue weighted by atomic mass is 9.99. The second-order valence-corrected chi connectivity index (χ2v) is 3.97. The van der Waals surface area contributed by atoms with Crippen molar-refractivity contribution in [1.29, 1.82) is 0 Å². The lowest BCUT2D eigenvalue weighted by Gasteiger charge is -2.23. The molecule has 0 radical (unpaired) electrons. The Morgan fingerprint density at radius 2 is 2.36 bits per heavy atom. The van der Waals surface area contributed by atoms with Gasteiger partial charge >= 0.3 is 0 Å². The van der Waals surface area contributed by atoms with Crippen LogP contribution in [0, 0.1) is 5.95 Å². The van der Waals surface area contributed by atoms with Gasteiger partial charge in [0.15, 0.2) is 0 Å². The Hall–Kier alpha value is -0.670. The van der Waals surface area contributed by atoms with Crippen molar-refractivity contribution in [1.82, 2.24) is 10.3 Å². The summed E-state index contributed by atoms with van der Waals surface area (Å²) in [7, 11) is 0. The van der Waals surface area contributed by atoms with Crippen LogP contribution in [0.25, 0.3) is 0 Å². The number of pyridine rings is 1. The number of hydrogen-bond acceptors (Lipinski definition) is 2. The summed E-state index contributed by atoms with van der Waals surface area (Å²) < 4.78 is 13.3. The van der Waals surface area contributed by atoms with Gasteiger partial charge in [-0.2, -0.15) is 4.39 Å². The maximum atomic E-state index is 13.3. The second-order valence-electron chi connectivity index (χ2n) is 3.54. The molecule has 14 heavy (non-hydrogen) atoms. The normalized spacial score (nSPS) is 22.3. The van der Waals surface area contributed by atoms with Crippen LogP contribution < -0.4 is 5.32 Å². The van der Waals surface area contributed by atoms with Crippen LogP contribution in [0.3, 0.4) is 0 Å². The summed E-state index contributed by atoms with van der Waals surface area (Å²) in [5.41, 5.74) is 0.595. The zero-order valence-corrected chi connectivity index (χ0v) is 8.52. The van der Waals surface area contributed by atoms with E-state index in [9.17, 15) is 4.39 Å². The molecule has 1 atom stereocenters. The Bertz CT molecular complexity index is 324. The molecule has 1 aliphatic heterocycles. The topological polar surface area (TPSA) is 24.9 Å². The Morgan fingerprint density at radius 1 is 1.50 bits per heavy atom. The third kappa shape index (κ3) is 2.04. The molecule has 0 aliphatic carbocycles. The van der Waals surface area contributed by atoms with Gasteiger partial charge in [-0.15, -0.1) is 0 Å². The van der Waals surface area contributed by atoms with E-state index in [-0.39, 0.29) is 6.04 Å². The summed E-state index contributed by atoms with van der Waals surface area (Å²) in [4.78, 5) is 3.62. The Labute approximate surface area is 87.5 Å². The third-order valence-electron chi connectivity index (χ3n) is 2.52. The van der Waals surface area contributed by atoms with E-state index in [2.05, 4.69) is 10.3 Å². The van der Waals surface area contributed by atoms with E-state index in [0.717, 1.165) is 25.8 Å². The third-order valence-corrected chi connectivity index (χ3v) is 2.73. The van der Waals surface area contributed by atoms with Gasteiger partial charge in [0.05, 0.1) is 5.02 Å². The SMILES string of the molecule is Fc1ncc(Cl)cc1C1CCCCN1. The molecule has 2 nitrogen and oxygen atoms in total. The summed E-state index contributed by atoms with van der Waals surface area (Å²) in [6.45, 7) is 0.941. The minimum Gasteiger partial charge on any atom is -0.310 e. The summed E-state index contributed by atoms with van der Waals surface area (Å²) in [5, 5.41) is 3.76. The van der Waals surface area contributed by atoms with Gasteiger partial charge in [0.2, 0.25) is 5.95 Å². The van der Waals surface area contributed by atoms with E-state index in [4.69, 9.17) is 11.6 Å². The molecular formula is C10H12ClFN2. The van der Waals surface area contributed by atoms with Gasteiger partial charge in [0, 0.05) is 17.8 Å². The molecule has 1 aromatic rings. The van der Waals surface area contributed by atoms with Gasteiger partial charge in [-0.3, -0.25) is 0 Å². The van der Waals surface area contributed by atoms with Crippen molar-refractivity contribution in [2.45, 2.75) is 25.3 Å². The van der Waals surface area contributed by atoms with Crippen molar-refractivity contribution in [3.05, 3.63) is 28.8 Å². The van der Waals surface area contributed by atoms with Crippen LogP contribution in [0.2, 0.25) is 5.02 Å². The predicted molar refractivity (Wildman–Crippen MR) is 53.8 cm³/mol. The van der Waals surface area contributed by atoms with Crippen molar-refractivity contribution in [2.24, 2.45) is 0 Å². The van der Waals surface area contributed by atoms with Crippen LogP contribution in [0.5, 0.6) is 0 Å². The van der Waals surface area contributed by atoms with Crippen LogP contribution >= 0.6 is 11.6 Å². The first kappa shape index (κ1) is 9.87. The largest absolute Gasteiger partial charge is 0.310 e. The lowest BCUT2D eigenvalue weighted by Crippen LogP contribution is -2.27. The second kappa shape index (κ2) is 4.24. The van der Waals surface area contributed by atoms with Crippen LogP contribution in [0.15, 0.2) is 12.3 Å². The number of piperidine rings is 1. The van der Waals surface area contributed by atoms with E-state index in [1.54, 1.807) is 6.07 Å². The maximum Gasteiger partial charge on any atom is 0.217 e. The standard InChI is InChI=1S/C10H12ClFN2/c11-7-5-8(10(12)14-6-7)9-3-1-2-4-13-9/h5-6,9,13H,1-4H2. The van der Waals surface area contributed by atoms with Gasteiger partial charge in [0.1, 0.15) is 0 Å². The monoisotopic (exact) mass is 214 g/mol. The zero-order chi connectivity index (χ0) is 9.97. The van der Waals surface area contributed by atoms with E-state index >= 15 is 0 Å². The van der Waals surface area contributed by atoms with Crippen molar-refractivity contribution in [3.8, 4) is 0 Å². The molecule has 0 bridgehead atoms. The fraction of sp³-hybridized carbons (Fsp3) is 0.500. The highest BCUT2D eigenvalue weighted by atomic mass is 35.5. The first-order valence-electron chi connectivity index (χ1n) is 4.81. The maximum absolute atomic E-state index is 13.3. The zero-order valence-electron chi connectivity index (χ0n) is 7.76. The number of nitrogens with one attached hydrogen (secondary N) is 1. The summed E-state index contributed by atoms with van der Waals surface area (Å²) >= 11 is 5.78. The molecular weight excluding hydrogens is 203 g/mol. The molecule has 2 rings (SSSR count). The average Bonchev–Trinajstić information content (AvgIpc) is 2.23. The first-order chi connectivity index (χ1) is 6.77. The summed E-state index contributed by atoms with van der Waals surface area (Å²) in [5.74, 6) is -0.409. The fourth-order valence-electron chi connectivity index (χ4n) is 1.80. The molecule has 1 fully saturated rings. The van der Waals surface area contributed by atoms with Gasteiger partial charge in [-0.1, -0.05) is 18.0 Å². The molecule has 1 aliphatic rings. The van der Waals surface area contributed by atoms with E-state index < -0.39 is 5.95 Å². The number of hydrogen-bond donors (Lipinski definition) is 1. The van der Waals surface area contributed by atoms with Crippen LogP contribution in [0.1, 0.15) is 30.9 Å². The Kier molecular flexibility index (Phi) is 2.99. The van der Waals surface area contributed by atoms with E-state index in [1.807, 2.05) is 0 Å². The number of nitrogens with zero attached hydrogens (tertiary/aromatic N) is 1. The molecule has 76 valence electrons. The Morgan fingerprint density at radius 3 is 3.07 bits per heavy atom. The number of halogens is 2. The summed E-state index contributed by atoms with van der Waals surface area (Å²) in [6.07, 6.45) is 4.58. The molecule has 1 N–H and O–H groups in total. The molecule has 0 spiro atoms. The quantitative estimate of drug-likeness (QED) is 0.728. The fourth-order valence-corrected chi connectivity index (χ4v) is 1.97. The Balaban J connectivity index is 2.24. The number of rotatable bonds is 1. The van der Waals surface area contributed by atoms with Crippen molar-refractivity contribution in [2.75, 3.05) is 6.54 Å². The first-order valence-corrected chi connectivity index (χ1v) is 5.19. The van der Waals surface area contributed by atoms with Crippen LogP contribution in [-0.2, 0) is 0 Å². The number of aromatic nitrogens is 1. The van der Waals surface area contributed by atoms with E-state index in [1.165, 1.54) is 6.20 Å². The van der Waals surface area contributed by atoms with Crippen molar-refractivity contribution in [3.63, 3.8) is 0 Å². The molecule has 4 heteroatoms. The van der Waals surface area contributed by atoms with Crippen molar-refractivity contribution >= 4 is 11.6 Å². The van der Waals surface area contributed by atoms with Crippen LogP contribution in [-0.4, -0.2) is 11.5 Å². The van der Waals surface area contributed by atoms with Crippen molar-refractivity contribution < 1.29 is 4.39 Å². The minimum atomic E-state index is -0.409. The van der Waals surface area contributed by atoms with Gasteiger partial charge in [-0.25, -0.2) is 4.98 Å². The average molecular weight is 215 g/mol.